The minimum atomic E-state index is -1.23. The molecule has 1 aromatic rings. The lowest BCUT2D eigenvalue weighted by Crippen LogP contribution is -2.60. The molecule has 3 fully saturated rings. The van der Waals surface area contributed by atoms with Gasteiger partial charge in [0.05, 0.1) is 24.0 Å². The van der Waals surface area contributed by atoms with Gasteiger partial charge in [0.1, 0.15) is 17.7 Å². The molecule has 3 saturated heterocycles. The van der Waals surface area contributed by atoms with Crippen molar-refractivity contribution < 1.29 is 33.8 Å². The number of ether oxygens (including phenoxy) is 2. The third-order valence-electron chi connectivity index (χ3n) is 10.1. The Kier molecular flexibility index (Phi) is 12.3. The lowest BCUT2D eigenvalue weighted by molar-refractivity contribution is -0.164. The largest absolute Gasteiger partial charge is 0.455 e. The van der Waals surface area contributed by atoms with E-state index in [0.717, 1.165) is 5.56 Å². The van der Waals surface area contributed by atoms with Gasteiger partial charge in [0.2, 0.25) is 17.7 Å². The third-order valence-corrected chi connectivity index (χ3v) is 11.0. The predicted molar refractivity (Wildman–Crippen MR) is 187 cm³/mol. The van der Waals surface area contributed by atoms with Gasteiger partial charge in [0.25, 0.3) is 0 Å². The molecule has 3 aliphatic rings. The van der Waals surface area contributed by atoms with E-state index in [-0.39, 0.29) is 42.1 Å². The number of carbonyl (C=O) groups excluding carboxylic acids is 4. The number of hydrogen-bond acceptors (Lipinski definition) is 7. The second-order valence-corrected chi connectivity index (χ2v) is 15.4. The van der Waals surface area contributed by atoms with Crippen molar-refractivity contribution in [1.29, 1.82) is 0 Å². The van der Waals surface area contributed by atoms with Crippen molar-refractivity contribution in [2.75, 3.05) is 26.7 Å². The number of rotatable bonds is 16. The molecule has 1 spiro atoms. The SMILES string of the molecule is C=CCCC(=O)N(C)[C@H](C)[C@H](OC(=O)[C@H]1[C@@H]2O[C@@]3(CC2Br)[C@@H]1C(=O)N(CCCCCO)[C@@H]3C(=O)N(CC=C)C(C)(C)C)c1ccccc1. The van der Waals surface area contributed by atoms with Crippen LogP contribution < -0.4 is 0 Å². The number of halogens is 1. The molecular weight excluding hydrogens is 678 g/mol. The Morgan fingerprint density at radius 2 is 1.85 bits per heavy atom. The van der Waals surface area contributed by atoms with E-state index in [4.69, 9.17) is 9.47 Å². The average Bonchev–Trinajstić information content (AvgIpc) is 3.65. The Balaban J connectivity index is 1.71. The Bertz CT molecular complexity index is 1350. The van der Waals surface area contributed by atoms with Crippen LogP contribution in [-0.2, 0) is 28.7 Å². The van der Waals surface area contributed by atoms with Crippen LogP contribution in [0.25, 0.3) is 0 Å². The number of likely N-dealkylation sites (N-methyl/N-ethyl adjacent to an activating group) is 1. The molecule has 1 aromatic carbocycles. The van der Waals surface area contributed by atoms with Crippen molar-refractivity contribution in [3.8, 4) is 0 Å². The second-order valence-electron chi connectivity index (χ2n) is 14.2. The first-order valence-corrected chi connectivity index (χ1v) is 17.9. The van der Waals surface area contributed by atoms with Gasteiger partial charge in [-0.05, 0) is 65.4 Å². The smallest absolute Gasteiger partial charge is 0.313 e. The van der Waals surface area contributed by atoms with Crippen LogP contribution in [0.15, 0.2) is 55.6 Å². The summed E-state index contributed by atoms with van der Waals surface area (Å²) < 4.78 is 13.0. The van der Waals surface area contributed by atoms with Gasteiger partial charge < -0.3 is 29.3 Å². The molecule has 0 aromatic heterocycles. The van der Waals surface area contributed by atoms with Crippen LogP contribution in [0.1, 0.15) is 77.9 Å². The Morgan fingerprint density at radius 1 is 1.17 bits per heavy atom. The van der Waals surface area contributed by atoms with Gasteiger partial charge in [0.15, 0.2) is 0 Å². The van der Waals surface area contributed by atoms with Crippen molar-refractivity contribution in [3.63, 3.8) is 0 Å². The molecule has 1 N–H and O–H groups in total. The number of allylic oxidation sites excluding steroid dienone is 1. The van der Waals surface area contributed by atoms with Crippen LogP contribution in [0.3, 0.4) is 0 Å². The van der Waals surface area contributed by atoms with Gasteiger partial charge in [-0.3, -0.25) is 19.2 Å². The minimum Gasteiger partial charge on any atom is -0.455 e. The summed E-state index contributed by atoms with van der Waals surface area (Å²) in [6.07, 6.45) is 4.92. The quantitative estimate of drug-likeness (QED) is 0.112. The average molecular weight is 731 g/mol. The standard InChI is InChI=1S/C37H52BrN3O7/c1-8-10-19-27(43)39(7)24(3)30(25-17-13-11-14-18-25)47-35(46)28-29-33(44)40(21-15-12-16-22-42)32(37(29)23-26(38)31(28)48-37)34(45)41(20-9-2)36(4,5)6/h8-9,11,13-14,17-18,24,26,28-32,42H,1-2,10,12,15-16,19-23H2,3-7H3/t24-,26?,28-,29+,30+,31-,32-,37+/m1/s1. The Hall–Kier alpha value is -3.02. The summed E-state index contributed by atoms with van der Waals surface area (Å²) in [6, 6.07) is 7.82. The fraction of sp³-hybridized carbons (Fsp3) is 0.622. The summed E-state index contributed by atoms with van der Waals surface area (Å²) in [4.78, 5) is 61.2. The van der Waals surface area contributed by atoms with Crippen LogP contribution in [0, 0.1) is 11.8 Å². The molecule has 3 amide bonds. The summed E-state index contributed by atoms with van der Waals surface area (Å²) in [5, 5.41) is 9.36. The van der Waals surface area contributed by atoms with Crippen LogP contribution in [0.5, 0.6) is 0 Å². The highest BCUT2D eigenvalue weighted by Gasteiger charge is 2.77. The predicted octanol–water partition coefficient (Wildman–Crippen LogP) is 4.81. The van der Waals surface area contributed by atoms with Gasteiger partial charge in [-0.15, -0.1) is 13.2 Å². The molecular formula is C37H52BrN3O7. The first-order chi connectivity index (χ1) is 22.7. The normalized spacial score (nSPS) is 27.3. The maximum absolute atomic E-state index is 14.6. The van der Waals surface area contributed by atoms with Crippen molar-refractivity contribution in [2.24, 2.45) is 11.8 Å². The number of fused-ring (bicyclic) bond motifs is 1. The summed E-state index contributed by atoms with van der Waals surface area (Å²) in [5.41, 5.74) is -1.08. The Labute approximate surface area is 293 Å². The molecule has 3 heterocycles. The zero-order chi connectivity index (χ0) is 35.4. The van der Waals surface area contributed by atoms with Crippen molar-refractivity contribution in [1.82, 2.24) is 14.7 Å². The van der Waals surface area contributed by atoms with Gasteiger partial charge in [-0.25, -0.2) is 0 Å². The van der Waals surface area contributed by atoms with E-state index in [0.29, 0.717) is 38.6 Å². The number of aliphatic hydroxyl groups excluding tert-OH is 1. The number of alkyl halides is 1. The molecule has 264 valence electrons. The molecule has 3 aliphatic heterocycles. The molecule has 48 heavy (non-hydrogen) atoms. The van der Waals surface area contributed by atoms with E-state index in [2.05, 4.69) is 29.1 Å². The van der Waals surface area contributed by atoms with E-state index in [9.17, 15) is 24.3 Å². The lowest BCUT2D eigenvalue weighted by Gasteiger charge is -2.42. The summed E-state index contributed by atoms with van der Waals surface area (Å²) in [6.45, 7) is 15.9. The molecule has 4 rings (SSSR count). The number of aliphatic hydroxyl groups is 1. The lowest BCUT2D eigenvalue weighted by atomic mass is 9.70. The first-order valence-electron chi connectivity index (χ1n) is 17.0. The monoisotopic (exact) mass is 729 g/mol. The fourth-order valence-corrected chi connectivity index (χ4v) is 8.53. The zero-order valence-electron chi connectivity index (χ0n) is 29.0. The van der Waals surface area contributed by atoms with E-state index in [1.54, 1.807) is 33.9 Å². The zero-order valence-corrected chi connectivity index (χ0v) is 30.6. The van der Waals surface area contributed by atoms with Crippen molar-refractivity contribution >= 4 is 39.6 Å². The van der Waals surface area contributed by atoms with E-state index >= 15 is 0 Å². The third kappa shape index (κ3) is 7.28. The first kappa shape index (κ1) is 37.8. The van der Waals surface area contributed by atoms with Crippen LogP contribution >= 0.6 is 15.9 Å². The van der Waals surface area contributed by atoms with Crippen LogP contribution in [0.4, 0.5) is 0 Å². The van der Waals surface area contributed by atoms with E-state index in [1.807, 2.05) is 58.0 Å². The summed E-state index contributed by atoms with van der Waals surface area (Å²) >= 11 is 3.75. The van der Waals surface area contributed by atoms with Crippen LogP contribution in [-0.4, -0.2) is 104 Å². The number of carbonyl (C=O) groups is 4. The number of nitrogens with zero attached hydrogens (tertiary/aromatic N) is 3. The number of unbranched alkanes of at least 4 members (excludes halogenated alkanes) is 2. The molecule has 10 nitrogen and oxygen atoms in total. The number of benzene rings is 1. The maximum Gasteiger partial charge on any atom is 0.313 e. The molecule has 1 unspecified atom stereocenters. The second kappa shape index (κ2) is 15.7. The highest BCUT2D eigenvalue weighted by Crippen LogP contribution is 2.60. The van der Waals surface area contributed by atoms with Gasteiger partial charge >= 0.3 is 5.97 Å². The topological polar surface area (TPSA) is 117 Å². The maximum atomic E-state index is 14.6. The van der Waals surface area contributed by atoms with Gasteiger partial charge in [0, 0.05) is 43.5 Å². The Morgan fingerprint density at radius 3 is 2.46 bits per heavy atom. The highest BCUT2D eigenvalue weighted by molar-refractivity contribution is 9.09. The molecule has 11 heteroatoms. The number of amides is 3. The van der Waals surface area contributed by atoms with Crippen molar-refractivity contribution in [3.05, 3.63) is 61.2 Å². The number of esters is 1. The number of hydrogen-bond donors (Lipinski definition) is 1. The fourth-order valence-electron chi connectivity index (χ4n) is 7.58. The molecule has 0 saturated carbocycles. The van der Waals surface area contributed by atoms with Gasteiger partial charge in [-0.1, -0.05) is 58.4 Å². The highest BCUT2D eigenvalue weighted by atomic mass is 79.9. The molecule has 0 radical (unpaired) electrons. The molecule has 2 bridgehead atoms. The number of likely N-dealkylation sites (tertiary alicyclic amines) is 1. The summed E-state index contributed by atoms with van der Waals surface area (Å²) in [7, 11) is 1.69. The van der Waals surface area contributed by atoms with E-state index in [1.165, 1.54) is 0 Å². The summed E-state index contributed by atoms with van der Waals surface area (Å²) in [5.74, 6) is -3.12. The minimum absolute atomic E-state index is 0.0417. The van der Waals surface area contributed by atoms with Crippen LogP contribution in [0.2, 0.25) is 0 Å². The van der Waals surface area contributed by atoms with E-state index < -0.39 is 53.2 Å². The van der Waals surface area contributed by atoms with Crippen molar-refractivity contribution in [2.45, 2.75) is 106 Å². The van der Waals surface area contributed by atoms with Gasteiger partial charge in [-0.2, -0.15) is 0 Å². The molecule has 0 aliphatic carbocycles. The molecule has 8 atom stereocenters.